The van der Waals surface area contributed by atoms with Crippen LogP contribution in [0.1, 0.15) is 18.9 Å². The Morgan fingerprint density at radius 1 is 1.29 bits per heavy atom. The Hall–Kier alpha value is 0.0500. The highest BCUT2D eigenvalue weighted by Crippen LogP contribution is 2.23. The molecule has 0 aliphatic heterocycles. The SMILES string of the molecule is CCC(N)Cc1ccc(Cl)c(Cl)c1.Cl. The molecule has 2 N–H and O–H groups in total. The zero-order valence-electron chi connectivity index (χ0n) is 7.97. The highest BCUT2D eigenvalue weighted by molar-refractivity contribution is 6.42. The number of benzene rings is 1. The van der Waals surface area contributed by atoms with E-state index in [1.165, 1.54) is 0 Å². The standard InChI is InChI=1S/C10H13Cl2N.ClH/c1-2-8(13)5-7-3-4-9(11)10(12)6-7;/h3-4,6,8H,2,5,13H2,1H3;1H. The lowest BCUT2D eigenvalue weighted by Crippen LogP contribution is -2.21. The molecule has 0 saturated carbocycles. The molecule has 0 spiro atoms. The molecule has 14 heavy (non-hydrogen) atoms. The maximum absolute atomic E-state index is 5.87. The highest BCUT2D eigenvalue weighted by atomic mass is 35.5. The van der Waals surface area contributed by atoms with Gasteiger partial charge in [-0.2, -0.15) is 0 Å². The van der Waals surface area contributed by atoms with Crippen LogP contribution in [0.15, 0.2) is 18.2 Å². The van der Waals surface area contributed by atoms with E-state index in [0.29, 0.717) is 10.0 Å². The van der Waals surface area contributed by atoms with Crippen molar-refractivity contribution in [2.24, 2.45) is 5.73 Å². The summed E-state index contributed by atoms with van der Waals surface area (Å²) in [6.07, 6.45) is 1.83. The quantitative estimate of drug-likeness (QED) is 0.875. The first-order valence-corrected chi connectivity index (χ1v) is 5.08. The van der Waals surface area contributed by atoms with Gasteiger partial charge in [-0.3, -0.25) is 0 Å². The molecule has 0 heterocycles. The van der Waals surface area contributed by atoms with Crippen molar-refractivity contribution in [3.05, 3.63) is 33.8 Å². The van der Waals surface area contributed by atoms with Crippen molar-refractivity contribution in [1.29, 1.82) is 0 Å². The van der Waals surface area contributed by atoms with Crippen LogP contribution in [0.5, 0.6) is 0 Å². The third-order valence-corrected chi connectivity index (χ3v) is 2.75. The Kier molecular flexibility index (Phi) is 6.54. The molecule has 1 aromatic rings. The number of halogens is 3. The van der Waals surface area contributed by atoms with E-state index in [2.05, 4.69) is 6.92 Å². The van der Waals surface area contributed by atoms with E-state index >= 15 is 0 Å². The van der Waals surface area contributed by atoms with Gasteiger partial charge in [0, 0.05) is 6.04 Å². The van der Waals surface area contributed by atoms with Crippen LogP contribution in [0.4, 0.5) is 0 Å². The molecule has 1 rings (SSSR count). The van der Waals surface area contributed by atoms with Crippen molar-refractivity contribution in [2.75, 3.05) is 0 Å². The van der Waals surface area contributed by atoms with Crippen LogP contribution < -0.4 is 5.73 Å². The van der Waals surface area contributed by atoms with E-state index in [1.54, 1.807) is 0 Å². The maximum atomic E-state index is 5.87. The van der Waals surface area contributed by atoms with Crippen molar-refractivity contribution in [3.63, 3.8) is 0 Å². The fourth-order valence-electron chi connectivity index (χ4n) is 1.11. The van der Waals surface area contributed by atoms with Crippen molar-refractivity contribution in [1.82, 2.24) is 0 Å². The minimum atomic E-state index is 0. The predicted molar refractivity (Wildman–Crippen MR) is 65.7 cm³/mol. The summed E-state index contributed by atoms with van der Waals surface area (Å²) in [6, 6.07) is 5.85. The van der Waals surface area contributed by atoms with E-state index in [-0.39, 0.29) is 18.4 Å². The Morgan fingerprint density at radius 3 is 2.43 bits per heavy atom. The third-order valence-electron chi connectivity index (χ3n) is 2.01. The topological polar surface area (TPSA) is 26.0 Å². The molecule has 0 aromatic heterocycles. The minimum Gasteiger partial charge on any atom is -0.327 e. The summed E-state index contributed by atoms with van der Waals surface area (Å²) >= 11 is 11.7. The number of hydrogen-bond acceptors (Lipinski definition) is 1. The minimum absolute atomic E-state index is 0. The molecule has 1 aromatic carbocycles. The van der Waals surface area contributed by atoms with Crippen molar-refractivity contribution in [3.8, 4) is 0 Å². The molecule has 1 atom stereocenters. The zero-order valence-corrected chi connectivity index (χ0v) is 10.3. The summed E-state index contributed by atoms with van der Waals surface area (Å²) in [7, 11) is 0. The van der Waals surface area contributed by atoms with Gasteiger partial charge in [0.2, 0.25) is 0 Å². The summed E-state index contributed by atoms with van der Waals surface area (Å²) in [5.41, 5.74) is 6.96. The Labute approximate surface area is 101 Å². The molecule has 0 aliphatic carbocycles. The van der Waals surface area contributed by atoms with E-state index in [4.69, 9.17) is 28.9 Å². The predicted octanol–water partition coefficient (Wildman–Crippen LogP) is 3.70. The second-order valence-corrected chi connectivity index (χ2v) is 3.94. The molecule has 0 fully saturated rings. The number of hydrogen-bond donors (Lipinski definition) is 1. The maximum Gasteiger partial charge on any atom is 0.0595 e. The van der Waals surface area contributed by atoms with Crippen LogP contribution >= 0.6 is 35.6 Å². The summed E-state index contributed by atoms with van der Waals surface area (Å²) < 4.78 is 0. The third kappa shape index (κ3) is 4.05. The van der Waals surface area contributed by atoms with Gasteiger partial charge in [-0.25, -0.2) is 0 Å². The molecule has 80 valence electrons. The Morgan fingerprint density at radius 2 is 1.93 bits per heavy atom. The van der Waals surface area contributed by atoms with Crippen LogP contribution in [0.3, 0.4) is 0 Å². The molecule has 4 heteroatoms. The van der Waals surface area contributed by atoms with Gasteiger partial charge in [-0.1, -0.05) is 36.2 Å². The average Bonchev–Trinajstić information content (AvgIpc) is 2.11. The van der Waals surface area contributed by atoms with E-state index in [1.807, 2.05) is 18.2 Å². The van der Waals surface area contributed by atoms with Gasteiger partial charge >= 0.3 is 0 Å². The van der Waals surface area contributed by atoms with Crippen LogP contribution in [0.25, 0.3) is 0 Å². The van der Waals surface area contributed by atoms with Gasteiger partial charge in [0.05, 0.1) is 10.0 Å². The molecule has 0 bridgehead atoms. The molecule has 0 aliphatic rings. The van der Waals surface area contributed by atoms with Gasteiger partial charge in [0.1, 0.15) is 0 Å². The summed E-state index contributed by atoms with van der Waals surface area (Å²) in [5.74, 6) is 0. The Bertz CT molecular complexity index is 289. The second-order valence-electron chi connectivity index (χ2n) is 3.12. The molecule has 1 nitrogen and oxygen atoms in total. The molecule has 0 saturated heterocycles. The van der Waals surface area contributed by atoms with Crippen LogP contribution in [0.2, 0.25) is 10.0 Å². The van der Waals surface area contributed by atoms with Gasteiger partial charge < -0.3 is 5.73 Å². The van der Waals surface area contributed by atoms with Crippen LogP contribution in [0, 0.1) is 0 Å². The van der Waals surface area contributed by atoms with Crippen molar-refractivity contribution < 1.29 is 0 Å². The van der Waals surface area contributed by atoms with Crippen molar-refractivity contribution >= 4 is 35.6 Å². The van der Waals surface area contributed by atoms with E-state index in [9.17, 15) is 0 Å². The van der Waals surface area contributed by atoms with E-state index < -0.39 is 0 Å². The first-order chi connectivity index (χ1) is 6.13. The summed E-state index contributed by atoms with van der Waals surface area (Å²) in [4.78, 5) is 0. The van der Waals surface area contributed by atoms with Gasteiger partial charge in [0.15, 0.2) is 0 Å². The summed E-state index contributed by atoms with van der Waals surface area (Å²) in [6.45, 7) is 2.07. The van der Waals surface area contributed by atoms with Gasteiger partial charge in [-0.15, -0.1) is 12.4 Å². The Balaban J connectivity index is 0.00000169. The number of rotatable bonds is 3. The van der Waals surface area contributed by atoms with Gasteiger partial charge in [-0.05, 0) is 30.5 Å². The zero-order chi connectivity index (χ0) is 9.84. The molecule has 0 amide bonds. The first-order valence-electron chi connectivity index (χ1n) is 4.33. The fraction of sp³-hybridized carbons (Fsp3) is 0.400. The smallest absolute Gasteiger partial charge is 0.0595 e. The van der Waals surface area contributed by atoms with E-state index in [0.717, 1.165) is 18.4 Å². The second kappa shape index (κ2) is 6.52. The first kappa shape index (κ1) is 14.1. The fourth-order valence-corrected chi connectivity index (χ4v) is 1.43. The van der Waals surface area contributed by atoms with Crippen molar-refractivity contribution in [2.45, 2.75) is 25.8 Å². The van der Waals surface area contributed by atoms with Crippen LogP contribution in [-0.2, 0) is 6.42 Å². The lowest BCUT2D eigenvalue weighted by molar-refractivity contribution is 0.646. The monoisotopic (exact) mass is 253 g/mol. The van der Waals surface area contributed by atoms with Crippen LogP contribution in [-0.4, -0.2) is 6.04 Å². The largest absolute Gasteiger partial charge is 0.327 e. The molecule has 0 radical (unpaired) electrons. The molecular formula is C10H14Cl3N. The highest BCUT2D eigenvalue weighted by Gasteiger charge is 2.03. The summed E-state index contributed by atoms with van der Waals surface area (Å²) in [5, 5.41) is 1.19. The molecule has 1 unspecified atom stereocenters. The molecular weight excluding hydrogens is 240 g/mol. The average molecular weight is 255 g/mol. The van der Waals surface area contributed by atoms with Gasteiger partial charge in [0.25, 0.3) is 0 Å². The lowest BCUT2D eigenvalue weighted by Gasteiger charge is -2.08. The lowest BCUT2D eigenvalue weighted by atomic mass is 10.1. The normalized spacial score (nSPS) is 12.0. The number of nitrogens with two attached hydrogens (primary N) is 1.